The Morgan fingerprint density at radius 1 is 0.729 bits per heavy atom. The molecule has 4 rings (SSSR count). The Labute approximate surface area is 280 Å². The van der Waals surface area contributed by atoms with Crippen LogP contribution in [0, 0.1) is 0 Å². The van der Waals surface area contributed by atoms with Gasteiger partial charge in [0.1, 0.15) is 17.2 Å². The lowest BCUT2D eigenvalue weighted by Gasteiger charge is -2.24. The van der Waals surface area contributed by atoms with Crippen molar-refractivity contribution in [3.05, 3.63) is 114 Å². The first kappa shape index (κ1) is 35.7. The minimum absolute atomic E-state index is 0.165. The van der Waals surface area contributed by atoms with Crippen molar-refractivity contribution >= 4 is 29.2 Å². The molecule has 3 N–H and O–H groups in total. The number of carbonyl (C=O) groups excluding carboxylic acids is 3. The first-order chi connectivity index (χ1) is 23.2. The number of esters is 1. The summed E-state index contributed by atoms with van der Waals surface area (Å²) in [6.45, 7) is 2.41. The summed E-state index contributed by atoms with van der Waals surface area (Å²) < 4.78 is 16.4. The van der Waals surface area contributed by atoms with Gasteiger partial charge in [-0.15, -0.1) is 0 Å². The number of amides is 2. The van der Waals surface area contributed by atoms with Crippen LogP contribution in [0.15, 0.2) is 97.1 Å². The average Bonchev–Trinajstić information content (AvgIpc) is 3.09. The number of hydrogen-bond donors (Lipinski definition) is 3. The fourth-order valence-electron chi connectivity index (χ4n) is 4.90. The molecule has 10 heteroatoms. The lowest BCUT2D eigenvalue weighted by molar-refractivity contribution is -0.115. The third-order valence-corrected chi connectivity index (χ3v) is 7.50. The Balaban J connectivity index is 1.33. The predicted molar refractivity (Wildman–Crippen MR) is 184 cm³/mol. The highest BCUT2D eigenvalue weighted by Gasteiger charge is 2.21. The molecule has 0 aliphatic rings. The number of unbranched alkanes of at least 4 members (excludes halogenated alkanes) is 4. The Morgan fingerprint density at radius 3 is 1.96 bits per heavy atom. The third kappa shape index (κ3) is 11.0. The highest BCUT2D eigenvalue weighted by Crippen LogP contribution is 2.24. The first-order valence-corrected chi connectivity index (χ1v) is 16.0. The summed E-state index contributed by atoms with van der Waals surface area (Å²) in [5, 5.41) is 22.2. The molecule has 0 aliphatic heterocycles. The number of methoxy groups -OCH3 is 1. The van der Waals surface area contributed by atoms with Crippen molar-refractivity contribution in [3.8, 4) is 17.2 Å². The molecule has 0 aliphatic carbocycles. The molecular formula is C38H42N2O8. The van der Waals surface area contributed by atoms with Crippen LogP contribution in [0.1, 0.15) is 65.3 Å². The van der Waals surface area contributed by atoms with E-state index in [0.717, 1.165) is 18.4 Å². The van der Waals surface area contributed by atoms with Gasteiger partial charge in [-0.2, -0.15) is 0 Å². The average molecular weight is 655 g/mol. The molecule has 10 nitrogen and oxygen atoms in total. The summed E-state index contributed by atoms with van der Waals surface area (Å²) in [6, 6.07) is 26.4. The van der Waals surface area contributed by atoms with Crippen molar-refractivity contribution in [1.29, 1.82) is 0 Å². The zero-order valence-corrected chi connectivity index (χ0v) is 27.3. The van der Waals surface area contributed by atoms with Crippen molar-refractivity contribution < 1.29 is 38.8 Å². The Morgan fingerprint density at radius 2 is 1.33 bits per heavy atom. The molecule has 48 heavy (non-hydrogen) atoms. The van der Waals surface area contributed by atoms with Crippen LogP contribution in [0.25, 0.3) is 0 Å². The summed E-state index contributed by atoms with van der Waals surface area (Å²) in [6.07, 6.45) is 4.11. The molecule has 0 fully saturated rings. The van der Waals surface area contributed by atoms with Crippen LogP contribution in [-0.2, 0) is 11.2 Å². The van der Waals surface area contributed by atoms with Crippen LogP contribution in [0.4, 0.5) is 11.4 Å². The van der Waals surface area contributed by atoms with Gasteiger partial charge in [0.15, 0.2) is 6.29 Å². The summed E-state index contributed by atoms with van der Waals surface area (Å²) in [4.78, 5) is 39.9. The van der Waals surface area contributed by atoms with Crippen LogP contribution in [-0.4, -0.2) is 54.5 Å². The molecule has 2 amide bonds. The van der Waals surface area contributed by atoms with E-state index in [4.69, 9.17) is 14.2 Å². The van der Waals surface area contributed by atoms with Crippen LogP contribution < -0.4 is 24.4 Å². The zero-order valence-electron chi connectivity index (χ0n) is 27.3. The molecule has 0 saturated carbocycles. The standard InChI is InChI=1S/C38H42N2O8/c1-3-4-5-6-7-24-47-33-20-12-29(13-21-33)38(45)48-34-22-16-31(17-23-34)40(26-36(42)43)37(44)28-10-14-30(15-11-28)39-35(41)25-27-8-18-32(46-2)19-9-27/h8-23,36,42-43H,3-7,24-26H2,1-2H3,(H,39,41). The van der Waals surface area contributed by atoms with E-state index in [9.17, 15) is 24.6 Å². The fourth-order valence-corrected chi connectivity index (χ4v) is 4.90. The van der Waals surface area contributed by atoms with Crippen molar-refractivity contribution in [2.24, 2.45) is 0 Å². The van der Waals surface area contributed by atoms with Gasteiger partial charge in [0.2, 0.25) is 5.91 Å². The molecule has 4 aromatic carbocycles. The lowest BCUT2D eigenvalue weighted by Crippen LogP contribution is -2.37. The van der Waals surface area contributed by atoms with Gasteiger partial charge in [0, 0.05) is 16.9 Å². The van der Waals surface area contributed by atoms with E-state index in [2.05, 4.69) is 12.2 Å². The number of nitrogens with one attached hydrogen (secondary N) is 1. The molecule has 252 valence electrons. The number of anilines is 2. The number of aliphatic hydroxyl groups is 2. The Kier molecular flexibility index (Phi) is 13.5. The summed E-state index contributed by atoms with van der Waals surface area (Å²) in [5.41, 5.74) is 2.31. The highest BCUT2D eigenvalue weighted by molar-refractivity contribution is 6.06. The van der Waals surface area contributed by atoms with Gasteiger partial charge in [-0.25, -0.2) is 4.79 Å². The van der Waals surface area contributed by atoms with E-state index in [1.54, 1.807) is 79.9 Å². The summed E-state index contributed by atoms with van der Waals surface area (Å²) in [7, 11) is 1.57. The van der Waals surface area contributed by atoms with Crippen molar-refractivity contribution in [2.75, 3.05) is 30.5 Å². The number of hydrogen-bond acceptors (Lipinski definition) is 8. The van der Waals surface area contributed by atoms with Gasteiger partial charge in [-0.1, -0.05) is 44.7 Å². The second-order valence-corrected chi connectivity index (χ2v) is 11.2. The number of rotatable bonds is 17. The molecule has 0 aromatic heterocycles. The maximum Gasteiger partial charge on any atom is 0.343 e. The van der Waals surface area contributed by atoms with Crippen LogP contribution >= 0.6 is 0 Å². The van der Waals surface area contributed by atoms with Gasteiger partial charge in [0.25, 0.3) is 5.91 Å². The van der Waals surface area contributed by atoms with Gasteiger partial charge in [-0.05, 0) is 96.9 Å². The van der Waals surface area contributed by atoms with E-state index < -0.39 is 24.7 Å². The number of benzene rings is 4. The molecule has 0 heterocycles. The maximum absolute atomic E-state index is 13.4. The van der Waals surface area contributed by atoms with E-state index in [-0.39, 0.29) is 23.6 Å². The van der Waals surface area contributed by atoms with E-state index in [1.807, 2.05) is 12.1 Å². The molecule has 0 spiro atoms. The summed E-state index contributed by atoms with van der Waals surface area (Å²) >= 11 is 0. The molecule has 0 saturated heterocycles. The molecule has 0 radical (unpaired) electrons. The van der Waals surface area contributed by atoms with Gasteiger partial charge < -0.3 is 34.6 Å². The molecule has 0 atom stereocenters. The first-order valence-electron chi connectivity index (χ1n) is 16.0. The normalized spacial score (nSPS) is 10.8. The third-order valence-electron chi connectivity index (χ3n) is 7.50. The largest absolute Gasteiger partial charge is 0.497 e. The van der Waals surface area contributed by atoms with Crippen molar-refractivity contribution in [3.63, 3.8) is 0 Å². The van der Waals surface area contributed by atoms with Crippen LogP contribution in [0.3, 0.4) is 0 Å². The summed E-state index contributed by atoms with van der Waals surface area (Å²) in [5.74, 6) is 0.373. The number of ether oxygens (including phenoxy) is 3. The van der Waals surface area contributed by atoms with Crippen LogP contribution in [0.2, 0.25) is 0 Å². The second kappa shape index (κ2) is 18.2. The van der Waals surface area contributed by atoms with Gasteiger partial charge >= 0.3 is 5.97 Å². The number of nitrogens with zero attached hydrogens (tertiary/aromatic N) is 1. The van der Waals surface area contributed by atoms with Gasteiger partial charge in [0.05, 0.1) is 32.2 Å². The van der Waals surface area contributed by atoms with Crippen LogP contribution in [0.5, 0.6) is 17.2 Å². The van der Waals surface area contributed by atoms with E-state index in [1.165, 1.54) is 36.3 Å². The minimum atomic E-state index is -1.80. The fraction of sp³-hybridized carbons (Fsp3) is 0.289. The zero-order chi connectivity index (χ0) is 34.3. The highest BCUT2D eigenvalue weighted by atomic mass is 16.5. The Bertz CT molecular complexity index is 1600. The molecule has 0 unspecified atom stereocenters. The quantitative estimate of drug-likeness (QED) is 0.0515. The van der Waals surface area contributed by atoms with E-state index >= 15 is 0 Å². The number of aliphatic hydroxyl groups excluding tert-OH is 1. The lowest BCUT2D eigenvalue weighted by atomic mass is 10.1. The maximum atomic E-state index is 13.4. The predicted octanol–water partition coefficient (Wildman–Crippen LogP) is 6.40. The van der Waals surface area contributed by atoms with E-state index in [0.29, 0.717) is 35.0 Å². The monoisotopic (exact) mass is 654 g/mol. The minimum Gasteiger partial charge on any atom is -0.497 e. The molecule has 0 bridgehead atoms. The Hall–Kier alpha value is -5.19. The smallest absolute Gasteiger partial charge is 0.343 e. The molecule has 4 aromatic rings. The molecular weight excluding hydrogens is 612 g/mol. The second-order valence-electron chi connectivity index (χ2n) is 11.2. The SMILES string of the molecule is CCCCCCCOc1ccc(C(=O)Oc2ccc(N(CC(O)O)C(=O)c3ccc(NC(=O)Cc4ccc(OC)cc4)cc3)cc2)cc1. The van der Waals surface area contributed by atoms with Crippen molar-refractivity contribution in [1.82, 2.24) is 0 Å². The topological polar surface area (TPSA) is 135 Å². The number of carbonyl (C=O) groups is 3. The van der Waals surface area contributed by atoms with Crippen molar-refractivity contribution in [2.45, 2.75) is 51.7 Å². The van der Waals surface area contributed by atoms with Gasteiger partial charge in [-0.3, -0.25) is 9.59 Å².